The van der Waals surface area contributed by atoms with E-state index in [0.717, 1.165) is 10.0 Å². The predicted octanol–water partition coefficient (Wildman–Crippen LogP) is 1.77. The lowest BCUT2D eigenvalue weighted by atomic mass is 10.1. The first-order valence-electron chi connectivity index (χ1n) is 5.52. The number of nitrogens with zero attached hydrogens (tertiary/aromatic N) is 2. The van der Waals surface area contributed by atoms with Crippen molar-refractivity contribution in [2.45, 2.75) is 6.04 Å². The van der Waals surface area contributed by atoms with Gasteiger partial charge in [0.25, 0.3) is 0 Å². The molecule has 1 aliphatic rings. The minimum Gasteiger partial charge on any atom is -0.493 e. The third-order valence-corrected chi connectivity index (χ3v) is 3.80. The van der Waals surface area contributed by atoms with E-state index < -0.39 is 0 Å². The number of rotatable bonds is 3. The van der Waals surface area contributed by atoms with Gasteiger partial charge in [-0.05, 0) is 17.7 Å². The minimum atomic E-state index is 0.124. The van der Waals surface area contributed by atoms with Gasteiger partial charge in [-0.15, -0.1) is 0 Å². The molecule has 0 aliphatic carbocycles. The molecule has 0 bridgehead atoms. The standard InChI is InChI=1S/C12H16BrN3O2/c1-16-9(6-15-12(16)14)7-4-10(17-2)11(18-3)5-8(7)13/h4-5,9H,6H2,1-3H3,(H2,14,15). The van der Waals surface area contributed by atoms with E-state index in [9.17, 15) is 0 Å². The van der Waals surface area contributed by atoms with Gasteiger partial charge in [-0.25, -0.2) is 0 Å². The lowest BCUT2D eigenvalue weighted by Gasteiger charge is -2.23. The van der Waals surface area contributed by atoms with Crippen LogP contribution in [0.5, 0.6) is 11.5 Å². The Labute approximate surface area is 115 Å². The van der Waals surface area contributed by atoms with Gasteiger partial charge in [-0.3, -0.25) is 4.99 Å². The van der Waals surface area contributed by atoms with E-state index in [-0.39, 0.29) is 6.04 Å². The van der Waals surface area contributed by atoms with E-state index in [0.29, 0.717) is 24.0 Å². The maximum Gasteiger partial charge on any atom is 0.191 e. The fourth-order valence-corrected chi connectivity index (χ4v) is 2.59. The van der Waals surface area contributed by atoms with Crippen LogP contribution < -0.4 is 15.2 Å². The van der Waals surface area contributed by atoms with Crippen LogP contribution in [-0.4, -0.2) is 38.7 Å². The van der Waals surface area contributed by atoms with Crippen molar-refractivity contribution in [3.05, 3.63) is 22.2 Å². The summed E-state index contributed by atoms with van der Waals surface area (Å²) in [5.74, 6) is 1.96. The molecule has 1 heterocycles. The van der Waals surface area contributed by atoms with Crippen LogP contribution in [0.2, 0.25) is 0 Å². The molecular formula is C12H16BrN3O2. The van der Waals surface area contributed by atoms with Gasteiger partial charge in [-0.2, -0.15) is 0 Å². The zero-order valence-electron chi connectivity index (χ0n) is 10.6. The SMILES string of the molecule is COc1cc(Br)c(C2CN=C(N)N2C)cc1OC. The molecule has 0 aromatic heterocycles. The Bertz CT molecular complexity index is 490. The Morgan fingerprint density at radius 3 is 2.44 bits per heavy atom. The Kier molecular flexibility index (Phi) is 3.65. The van der Waals surface area contributed by atoms with Crippen molar-refractivity contribution in [2.75, 3.05) is 27.8 Å². The second kappa shape index (κ2) is 5.06. The van der Waals surface area contributed by atoms with Gasteiger partial charge in [0, 0.05) is 11.5 Å². The van der Waals surface area contributed by atoms with Crippen molar-refractivity contribution in [1.82, 2.24) is 4.90 Å². The van der Waals surface area contributed by atoms with Crippen LogP contribution in [0.4, 0.5) is 0 Å². The molecule has 0 saturated heterocycles. The average Bonchev–Trinajstić information content (AvgIpc) is 2.70. The molecular weight excluding hydrogens is 298 g/mol. The van der Waals surface area contributed by atoms with Crippen molar-refractivity contribution >= 4 is 21.9 Å². The van der Waals surface area contributed by atoms with Gasteiger partial charge in [0.1, 0.15) is 0 Å². The van der Waals surface area contributed by atoms with Crippen LogP contribution in [-0.2, 0) is 0 Å². The molecule has 5 nitrogen and oxygen atoms in total. The molecule has 1 atom stereocenters. The molecule has 1 aromatic carbocycles. The molecule has 0 spiro atoms. The van der Waals surface area contributed by atoms with Crippen LogP contribution in [0.15, 0.2) is 21.6 Å². The number of halogens is 1. The van der Waals surface area contributed by atoms with Crippen LogP contribution in [0.25, 0.3) is 0 Å². The highest BCUT2D eigenvalue weighted by atomic mass is 79.9. The second-order valence-corrected chi connectivity index (χ2v) is 4.91. The fraction of sp³-hybridized carbons (Fsp3) is 0.417. The van der Waals surface area contributed by atoms with Gasteiger partial charge >= 0.3 is 0 Å². The van der Waals surface area contributed by atoms with Crippen molar-refractivity contribution in [3.8, 4) is 11.5 Å². The first kappa shape index (κ1) is 13.0. The molecule has 2 rings (SSSR count). The Morgan fingerprint density at radius 1 is 1.33 bits per heavy atom. The van der Waals surface area contributed by atoms with Crippen LogP contribution in [0.3, 0.4) is 0 Å². The first-order chi connectivity index (χ1) is 8.58. The highest BCUT2D eigenvalue weighted by molar-refractivity contribution is 9.10. The Balaban J connectivity index is 2.40. The van der Waals surface area contributed by atoms with Crippen molar-refractivity contribution in [3.63, 3.8) is 0 Å². The van der Waals surface area contributed by atoms with Gasteiger partial charge < -0.3 is 20.1 Å². The number of ether oxygens (including phenoxy) is 2. The summed E-state index contributed by atoms with van der Waals surface area (Å²) in [6, 6.07) is 3.98. The number of aliphatic imine (C=N–C) groups is 1. The molecule has 1 aromatic rings. The summed E-state index contributed by atoms with van der Waals surface area (Å²) in [6.07, 6.45) is 0. The van der Waals surface area contributed by atoms with E-state index in [1.807, 2.05) is 24.1 Å². The highest BCUT2D eigenvalue weighted by Crippen LogP contribution is 2.38. The van der Waals surface area contributed by atoms with Crippen molar-refractivity contribution in [2.24, 2.45) is 10.7 Å². The molecule has 6 heteroatoms. The smallest absolute Gasteiger partial charge is 0.191 e. The molecule has 2 N–H and O–H groups in total. The van der Waals surface area contributed by atoms with E-state index in [1.165, 1.54) is 0 Å². The zero-order chi connectivity index (χ0) is 13.3. The summed E-state index contributed by atoms with van der Waals surface area (Å²) in [6.45, 7) is 0.649. The molecule has 1 unspecified atom stereocenters. The maximum atomic E-state index is 5.79. The number of guanidine groups is 1. The third kappa shape index (κ3) is 2.12. The average molecular weight is 314 g/mol. The monoisotopic (exact) mass is 313 g/mol. The summed E-state index contributed by atoms with van der Waals surface area (Å²) < 4.78 is 11.5. The summed E-state index contributed by atoms with van der Waals surface area (Å²) >= 11 is 3.55. The highest BCUT2D eigenvalue weighted by Gasteiger charge is 2.27. The third-order valence-electron chi connectivity index (χ3n) is 3.12. The summed E-state index contributed by atoms with van der Waals surface area (Å²) in [4.78, 5) is 6.19. The van der Waals surface area contributed by atoms with Gasteiger partial charge in [0.05, 0.1) is 26.8 Å². The molecule has 0 saturated carbocycles. The van der Waals surface area contributed by atoms with E-state index in [2.05, 4.69) is 20.9 Å². The molecule has 0 fully saturated rings. The number of hydrogen-bond acceptors (Lipinski definition) is 5. The minimum absolute atomic E-state index is 0.124. The van der Waals surface area contributed by atoms with Gasteiger partial charge in [0.15, 0.2) is 17.5 Å². The topological polar surface area (TPSA) is 60.1 Å². The van der Waals surface area contributed by atoms with Gasteiger partial charge in [-0.1, -0.05) is 15.9 Å². The number of hydrogen-bond donors (Lipinski definition) is 1. The largest absolute Gasteiger partial charge is 0.493 e. The zero-order valence-corrected chi connectivity index (χ0v) is 12.2. The predicted molar refractivity (Wildman–Crippen MR) is 74.2 cm³/mol. The summed E-state index contributed by atoms with van der Waals surface area (Å²) in [5.41, 5.74) is 6.87. The molecule has 0 amide bonds. The first-order valence-corrected chi connectivity index (χ1v) is 6.32. The van der Waals surface area contributed by atoms with E-state index in [1.54, 1.807) is 14.2 Å². The lowest BCUT2D eigenvalue weighted by Crippen LogP contribution is -2.32. The van der Waals surface area contributed by atoms with Crippen LogP contribution in [0, 0.1) is 0 Å². The number of methoxy groups -OCH3 is 2. The number of likely N-dealkylation sites (N-methyl/N-ethyl adjacent to an activating group) is 1. The Morgan fingerprint density at radius 2 is 1.94 bits per heavy atom. The summed E-state index contributed by atoms with van der Waals surface area (Å²) in [7, 11) is 5.17. The number of nitrogens with two attached hydrogens (primary N) is 1. The molecule has 1 aliphatic heterocycles. The molecule has 98 valence electrons. The van der Waals surface area contributed by atoms with Crippen molar-refractivity contribution in [1.29, 1.82) is 0 Å². The normalized spacial score (nSPS) is 18.8. The summed E-state index contributed by atoms with van der Waals surface area (Å²) in [5, 5.41) is 0. The Hall–Kier alpha value is -1.43. The quantitative estimate of drug-likeness (QED) is 0.924. The molecule has 18 heavy (non-hydrogen) atoms. The van der Waals surface area contributed by atoms with Crippen LogP contribution in [0.1, 0.15) is 11.6 Å². The maximum absolute atomic E-state index is 5.79. The van der Waals surface area contributed by atoms with E-state index >= 15 is 0 Å². The lowest BCUT2D eigenvalue weighted by molar-refractivity contribution is 0.351. The fourth-order valence-electron chi connectivity index (χ4n) is 2.01. The molecule has 0 radical (unpaired) electrons. The van der Waals surface area contributed by atoms with Crippen LogP contribution >= 0.6 is 15.9 Å². The van der Waals surface area contributed by atoms with E-state index in [4.69, 9.17) is 15.2 Å². The van der Waals surface area contributed by atoms with Gasteiger partial charge in [0.2, 0.25) is 0 Å². The van der Waals surface area contributed by atoms with Crippen molar-refractivity contribution < 1.29 is 9.47 Å². The second-order valence-electron chi connectivity index (χ2n) is 4.05. The number of benzene rings is 1.